The van der Waals surface area contributed by atoms with Crippen molar-refractivity contribution < 1.29 is 31.7 Å². The lowest BCUT2D eigenvalue weighted by Gasteiger charge is -2.26. The first kappa shape index (κ1) is 23.7. The molecule has 158 valence electrons. The Morgan fingerprint density at radius 1 is 1.04 bits per heavy atom. The third-order valence-electron chi connectivity index (χ3n) is 2.97. The molecule has 0 unspecified atom stereocenters. The summed E-state index contributed by atoms with van der Waals surface area (Å²) in [5, 5.41) is 2.52. The molecule has 0 fully saturated rings. The van der Waals surface area contributed by atoms with Crippen LogP contribution in [-0.4, -0.2) is 44.0 Å². The smallest absolute Gasteiger partial charge is 0.408 e. The minimum atomic E-state index is -3.68. The Balaban J connectivity index is 3.03. The Hall–Kier alpha value is -2.29. The molecule has 1 aromatic carbocycles. The molecule has 0 saturated heterocycles. The number of carbonyl (C=O) groups is 2. The first-order valence-electron chi connectivity index (χ1n) is 8.75. The fourth-order valence-corrected chi connectivity index (χ4v) is 2.60. The maximum absolute atomic E-state index is 12.6. The molecule has 0 aliphatic heterocycles. The molecule has 0 aromatic heterocycles. The molecular weight excluding hydrogens is 386 g/mol. The van der Waals surface area contributed by atoms with Crippen LogP contribution in [0.2, 0.25) is 0 Å². The van der Waals surface area contributed by atoms with Crippen LogP contribution in [0.3, 0.4) is 0 Å². The molecule has 0 aliphatic carbocycles. The van der Waals surface area contributed by atoms with Crippen LogP contribution in [0.5, 0.6) is 5.75 Å². The van der Waals surface area contributed by atoms with E-state index in [2.05, 4.69) is 5.32 Å². The second kappa shape index (κ2) is 8.81. The van der Waals surface area contributed by atoms with E-state index >= 15 is 0 Å². The Morgan fingerprint density at radius 2 is 1.61 bits per heavy atom. The summed E-state index contributed by atoms with van der Waals surface area (Å²) in [6, 6.07) is 5.21. The second-order valence-electron chi connectivity index (χ2n) is 8.37. The summed E-state index contributed by atoms with van der Waals surface area (Å²) in [5.74, 6) is -0.520. The molecule has 1 atom stereocenters. The summed E-state index contributed by atoms with van der Waals surface area (Å²) in [5.41, 5.74) is -0.897. The highest BCUT2D eigenvalue weighted by atomic mass is 32.2. The van der Waals surface area contributed by atoms with Gasteiger partial charge in [0.05, 0.1) is 6.26 Å². The van der Waals surface area contributed by atoms with Crippen LogP contribution in [-0.2, 0) is 30.8 Å². The molecule has 0 spiro atoms. The number of hydrogen-bond donors (Lipinski definition) is 1. The van der Waals surface area contributed by atoms with Crippen molar-refractivity contribution in [3.63, 3.8) is 0 Å². The molecule has 1 rings (SSSR count). The molecule has 28 heavy (non-hydrogen) atoms. The molecule has 0 radical (unpaired) electrons. The number of nitrogens with one attached hydrogen (secondary N) is 1. The molecule has 9 heteroatoms. The van der Waals surface area contributed by atoms with Gasteiger partial charge in [-0.05, 0) is 59.2 Å². The third-order valence-corrected chi connectivity index (χ3v) is 3.46. The van der Waals surface area contributed by atoms with Crippen LogP contribution in [0.4, 0.5) is 4.79 Å². The highest BCUT2D eigenvalue weighted by Gasteiger charge is 2.29. The summed E-state index contributed by atoms with van der Waals surface area (Å²) in [7, 11) is -3.68. The van der Waals surface area contributed by atoms with Crippen LogP contribution >= 0.6 is 0 Å². The maximum atomic E-state index is 12.6. The fraction of sp³-hybridized carbons (Fsp3) is 0.579. The summed E-state index contributed by atoms with van der Waals surface area (Å²) < 4.78 is 38.1. The minimum Gasteiger partial charge on any atom is -0.458 e. The number of alkyl carbamates (subject to hydrolysis) is 1. The molecular formula is C19H29NO7S. The summed E-state index contributed by atoms with van der Waals surface area (Å²) in [6.07, 6.45) is 0.245. The Bertz CT molecular complexity index is 804. The van der Waals surface area contributed by atoms with E-state index in [1.165, 1.54) is 12.1 Å². The van der Waals surface area contributed by atoms with Crippen molar-refractivity contribution in [1.29, 1.82) is 0 Å². The summed E-state index contributed by atoms with van der Waals surface area (Å²) in [4.78, 5) is 24.7. The van der Waals surface area contributed by atoms with Crippen molar-refractivity contribution in [2.24, 2.45) is 0 Å². The van der Waals surface area contributed by atoms with E-state index in [1.807, 2.05) is 0 Å². The number of hydrogen-bond acceptors (Lipinski definition) is 7. The maximum Gasteiger partial charge on any atom is 0.408 e. The van der Waals surface area contributed by atoms with Crippen LogP contribution < -0.4 is 9.50 Å². The van der Waals surface area contributed by atoms with E-state index in [0.717, 1.165) is 6.26 Å². The van der Waals surface area contributed by atoms with Gasteiger partial charge in [0.15, 0.2) is 0 Å². The lowest BCUT2D eigenvalue weighted by Crippen LogP contribution is -2.47. The van der Waals surface area contributed by atoms with Crippen molar-refractivity contribution in [2.75, 3.05) is 6.26 Å². The van der Waals surface area contributed by atoms with E-state index in [-0.39, 0.29) is 12.2 Å². The quantitative estimate of drug-likeness (QED) is 0.562. The van der Waals surface area contributed by atoms with Gasteiger partial charge < -0.3 is 19.0 Å². The van der Waals surface area contributed by atoms with Gasteiger partial charge in [0.25, 0.3) is 0 Å². The van der Waals surface area contributed by atoms with E-state index in [1.54, 1.807) is 53.7 Å². The van der Waals surface area contributed by atoms with Gasteiger partial charge in [-0.15, -0.1) is 0 Å². The lowest BCUT2D eigenvalue weighted by molar-refractivity contribution is -0.157. The number of benzene rings is 1. The van der Waals surface area contributed by atoms with Gasteiger partial charge in [-0.1, -0.05) is 12.1 Å². The molecule has 0 saturated carbocycles. The van der Waals surface area contributed by atoms with Gasteiger partial charge in [0.1, 0.15) is 23.0 Å². The number of esters is 1. The van der Waals surface area contributed by atoms with Gasteiger partial charge in [0.2, 0.25) is 0 Å². The summed E-state index contributed by atoms with van der Waals surface area (Å²) >= 11 is 0. The molecule has 0 aliphatic rings. The average molecular weight is 416 g/mol. The predicted octanol–water partition coefficient (Wildman–Crippen LogP) is 2.80. The zero-order valence-electron chi connectivity index (χ0n) is 17.4. The number of carbonyl (C=O) groups excluding carboxylic acids is 2. The Labute approximate surface area is 166 Å². The van der Waals surface area contributed by atoms with Crippen molar-refractivity contribution in [1.82, 2.24) is 5.32 Å². The molecule has 1 amide bonds. The van der Waals surface area contributed by atoms with Crippen LogP contribution in [0, 0.1) is 0 Å². The monoisotopic (exact) mass is 415 g/mol. The Morgan fingerprint density at radius 3 is 2.11 bits per heavy atom. The number of amides is 1. The lowest BCUT2D eigenvalue weighted by atomic mass is 10.1. The third kappa shape index (κ3) is 10.1. The van der Waals surface area contributed by atoms with Gasteiger partial charge in [-0.2, -0.15) is 8.42 Å². The highest BCUT2D eigenvalue weighted by Crippen LogP contribution is 2.18. The van der Waals surface area contributed by atoms with Crippen LogP contribution in [0.25, 0.3) is 0 Å². The van der Waals surface area contributed by atoms with Crippen LogP contribution in [0.1, 0.15) is 47.1 Å². The molecule has 1 aromatic rings. The predicted molar refractivity (Wildman–Crippen MR) is 105 cm³/mol. The number of ether oxygens (including phenoxy) is 2. The second-order valence-corrected chi connectivity index (χ2v) is 9.95. The van der Waals surface area contributed by atoms with Gasteiger partial charge in [-0.3, -0.25) is 0 Å². The fourth-order valence-electron chi connectivity index (χ4n) is 2.15. The molecule has 0 heterocycles. The van der Waals surface area contributed by atoms with Crippen LogP contribution in [0.15, 0.2) is 24.3 Å². The average Bonchev–Trinajstić information content (AvgIpc) is 2.41. The van der Waals surface area contributed by atoms with E-state index in [9.17, 15) is 18.0 Å². The van der Waals surface area contributed by atoms with Gasteiger partial charge in [-0.25, -0.2) is 9.59 Å². The van der Waals surface area contributed by atoms with E-state index < -0.39 is 39.4 Å². The van der Waals surface area contributed by atoms with Gasteiger partial charge in [0, 0.05) is 6.42 Å². The summed E-state index contributed by atoms with van der Waals surface area (Å²) in [6.45, 7) is 10.3. The van der Waals surface area contributed by atoms with E-state index in [0.29, 0.717) is 5.56 Å². The molecule has 0 bridgehead atoms. The first-order chi connectivity index (χ1) is 12.5. The highest BCUT2D eigenvalue weighted by molar-refractivity contribution is 7.86. The van der Waals surface area contributed by atoms with Crippen molar-refractivity contribution >= 4 is 22.2 Å². The van der Waals surface area contributed by atoms with Crippen molar-refractivity contribution in [2.45, 2.75) is 65.2 Å². The van der Waals surface area contributed by atoms with Crippen molar-refractivity contribution in [3.8, 4) is 5.75 Å². The zero-order chi connectivity index (χ0) is 21.8. The van der Waals surface area contributed by atoms with E-state index in [4.69, 9.17) is 13.7 Å². The first-order valence-corrected chi connectivity index (χ1v) is 10.6. The standard InChI is InChI=1S/C19H29NO7S/c1-18(2,3)25-16(21)15(20-17(22)26-19(4,5)6)12-13-9-8-10-14(11-13)27-28(7,23)24/h8-11,15H,12H2,1-7H3,(H,20,22)/t15-/m0/s1. The zero-order valence-corrected chi connectivity index (χ0v) is 18.2. The normalized spacial score (nSPS) is 13.4. The van der Waals surface area contributed by atoms with Gasteiger partial charge >= 0.3 is 22.2 Å². The molecule has 8 nitrogen and oxygen atoms in total. The minimum absolute atomic E-state index is 0.0646. The Kier molecular flexibility index (Phi) is 7.47. The SMILES string of the molecule is CC(C)(C)OC(=O)N[C@@H](Cc1cccc(OS(C)(=O)=O)c1)C(=O)OC(C)(C)C. The van der Waals surface area contributed by atoms with Crippen molar-refractivity contribution in [3.05, 3.63) is 29.8 Å². The number of rotatable bonds is 6. The molecule has 1 N–H and O–H groups in total. The largest absolute Gasteiger partial charge is 0.458 e. The topological polar surface area (TPSA) is 108 Å².